The van der Waals surface area contributed by atoms with E-state index in [1.165, 1.54) is 0 Å². The molecule has 1 aliphatic carbocycles. The fourth-order valence-electron chi connectivity index (χ4n) is 2.58. The molecule has 1 fully saturated rings. The summed E-state index contributed by atoms with van der Waals surface area (Å²) in [5, 5.41) is 3.07. The van der Waals surface area contributed by atoms with Gasteiger partial charge in [-0.05, 0) is 31.9 Å². The number of rotatable bonds is 6. The minimum absolute atomic E-state index is 0.0950. The predicted octanol–water partition coefficient (Wildman–Crippen LogP) is 2.27. The SMILES string of the molecule is COCCn1c([C@H](C)NC(=O)C2CC2)nc2ccccc21. The number of para-hydroxylation sites is 2. The number of hydrogen-bond donors (Lipinski definition) is 1. The first-order valence-corrected chi connectivity index (χ1v) is 7.45. The number of fused-ring (bicyclic) bond motifs is 1. The number of nitrogens with one attached hydrogen (secondary N) is 1. The molecule has 1 aliphatic rings. The van der Waals surface area contributed by atoms with E-state index in [2.05, 4.69) is 16.0 Å². The van der Waals surface area contributed by atoms with Gasteiger partial charge in [-0.3, -0.25) is 4.79 Å². The van der Waals surface area contributed by atoms with Gasteiger partial charge in [0.15, 0.2) is 0 Å². The normalized spacial score (nSPS) is 16.1. The number of carbonyl (C=O) groups excluding carboxylic acids is 1. The van der Waals surface area contributed by atoms with Gasteiger partial charge in [-0.1, -0.05) is 12.1 Å². The largest absolute Gasteiger partial charge is 0.383 e. The summed E-state index contributed by atoms with van der Waals surface area (Å²) in [5.74, 6) is 1.25. The first kappa shape index (κ1) is 14.1. The molecule has 0 unspecified atom stereocenters. The van der Waals surface area contributed by atoms with Gasteiger partial charge in [0.25, 0.3) is 0 Å². The Hall–Kier alpha value is -1.88. The molecule has 2 aromatic rings. The quantitative estimate of drug-likeness (QED) is 0.886. The number of amides is 1. The highest BCUT2D eigenvalue weighted by Crippen LogP contribution is 2.30. The summed E-state index contributed by atoms with van der Waals surface area (Å²) in [6.07, 6.45) is 2.03. The van der Waals surface area contributed by atoms with Crippen molar-refractivity contribution >= 4 is 16.9 Å². The summed E-state index contributed by atoms with van der Waals surface area (Å²) in [6.45, 7) is 3.34. The van der Waals surface area contributed by atoms with E-state index in [1.807, 2.05) is 25.1 Å². The Bertz CT molecular complexity index is 646. The molecule has 5 nitrogen and oxygen atoms in total. The molecule has 0 spiro atoms. The van der Waals surface area contributed by atoms with Crippen molar-refractivity contribution in [2.24, 2.45) is 5.92 Å². The van der Waals surface area contributed by atoms with Gasteiger partial charge >= 0.3 is 0 Å². The fourth-order valence-corrected chi connectivity index (χ4v) is 2.58. The first-order chi connectivity index (χ1) is 10.2. The van der Waals surface area contributed by atoms with Gasteiger partial charge in [0, 0.05) is 19.6 Å². The molecule has 112 valence electrons. The average Bonchev–Trinajstić information content (AvgIpc) is 3.27. The van der Waals surface area contributed by atoms with Crippen molar-refractivity contribution in [2.75, 3.05) is 13.7 Å². The number of imidazole rings is 1. The van der Waals surface area contributed by atoms with Gasteiger partial charge in [0.2, 0.25) is 5.91 Å². The van der Waals surface area contributed by atoms with E-state index in [9.17, 15) is 4.79 Å². The van der Waals surface area contributed by atoms with Gasteiger partial charge in [-0.25, -0.2) is 4.98 Å². The molecule has 1 N–H and O–H groups in total. The molecule has 0 radical (unpaired) electrons. The molecule has 1 aromatic carbocycles. The van der Waals surface area contributed by atoms with Crippen LogP contribution in [-0.2, 0) is 16.1 Å². The van der Waals surface area contributed by atoms with Gasteiger partial charge in [0.05, 0.1) is 23.7 Å². The van der Waals surface area contributed by atoms with Crippen LogP contribution in [0.5, 0.6) is 0 Å². The highest BCUT2D eigenvalue weighted by molar-refractivity contribution is 5.81. The lowest BCUT2D eigenvalue weighted by atomic mass is 10.2. The lowest BCUT2D eigenvalue weighted by Crippen LogP contribution is -2.30. The molecule has 1 aromatic heterocycles. The summed E-state index contributed by atoms with van der Waals surface area (Å²) in [7, 11) is 1.69. The summed E-state index contributed by atoms with van der Waals surface area (Å²) in [5.41, 5.74) is 2.04. The number of carbonyl (C=O) groups is 1. The maximum Gasteiger partial charge on any atom is 0.223 e. The minimum Gasteiger partial charge on any atom is -0.383 e. The zero-order chi connectivity index (χ0) is 14.8. The standard InChI is InChI=1S/C16H21N3O2/c1-11(17-16(20)12-7-8-12)15-18-13-5-3-4-6-14(13)19(15)9-10-21-2/h3-6,11-12H,7-10H2,1-2H3,(H,17,20)/t11-/m0/s1. The molecule has 1 atom stereocenters. The van der Waals surface area contributed by atoms with Gasteiger partial charge in [0.1, 0.15) is 5.82 Å². The van der Waals surface area contributed by atoms with E-state index >= 15 is 0 Å². The molecule has 0 aliphatic heterocycles. The van der Waals surface area contributed by atoms with Crippen molar-refractivity contribution < 1.29 is 9.53 Å². The molecule has 1 amide bonds. The molecule has 1 heterocycles. The Morgan fingerprint density at radius 3 is 2.95 bits per heavy atom. The van der Waals surface area contributed by atoms with Crippen molar-refractivity contribution in [3.63, 3.8) is 0 Å². The number of hydrogen-bond acceptors (Lipinski definition) is 3. The van der Waals surface area contributed by atoms with E-state index in [4.69, 9.17) is 9.72 Å². The molecule has 3 rings (SSSR count). The van der Waals surface area contributed by atoms with E-state index in [0.717, 1.165) is 36.2 Å². The summed E-state index contributed by atoms with van der Waals surface area (Å²) in [4.78, 5) is 16.6. The van der Waals surface area contributed by atoms with Crippen LogP contribution in [0.1, 0.15) is 31.6 Å². The van der Waals surface area contributed by atoms with Crippen LogP contribution >= 0.6 is 0 Å². The molecular weight excluding hydrogens is 266 g/mol. The van der Waals surface area contributed by atoms with Crippen LogP contribution in [0.2, 0.25) is 0 Å². The zero-order valence-electron chi connectivity index (χ0n) is 12.5. The van der Waals surface area contributed by atoms with Crippen LogP contribution in [0.3, 0.4) is 0 Å². The van der Waals surface area contributed by atoms with Crippen molar-refractivity contribution in [3.8, 4) is 0 Å². The van der Waals surface area contributed by atoms with Gasteiger partial charge in [-0.15, -0.1) is 0 Å². The van der Waals surface area contributed by atoms with Crippen molar-refractivity contribution in [1.82, 2.24) is 14.9 Å². The van der Waals surface area contributed by atoms with Crippen LogP contribution in [0.4, 0.5) is 0 Å². The third-order valence-corrected chi connectivity index (χ3v) is 3.90. The van der Waals surface area contributed by atoms with Crippen molar-refractivity contribution in [2.45, 2.75) is 32.4 Å². The second-order valence-electron chi connectivity index (χ2n) is 5.61. The van der Waals surface area contributed by atoms with E-state index < -0.39 is 0 Å². The molecule has 21 heavy (non-hydrogen) atoms. The molecule has 1 saturated carbocycles. The molecule has 5 heteroatoms. The van der Waals surface area contributed by atoms with Gasteiger partial charge < -0.3 is 14.6 Å². The van der Waals surface area contributed by atoms with Crippen molar-refractivity contribution in [3.05, 3.63) is 30.1 Å². The van der Waals surface area contributed by atoms with Crippen LogP contribution < -0.4 is 5.32 Å². The summed E-state index contributed by atoms with van der Waals surface area (Å²) < 4.78 is 7.33. The topological polar surface area (TPSA) is 56.1 Å². The lowest BCUT2D eigenvalue weighted by molar-refractivity contribution is -0.123. The third-order valence-electron chi connectivity index (χ3n) is 3.90. The highest BCUT2D eigenvalue weighted by Gasteiger charge is 2.31. The van der Waals surface area contributed by atoms with Crippen molar-refractivity contribution in [1.29, 1.82) is 0 Å². The van der Waals surface area contributed by atoms with Gasteiger partial charge in [-0.2, -0.15) is 0 Å². The average molecular weight is 287 g/mol. The van der Waals surface area contributed by atoms with E-state index in [1.54, 1.807) is 7.11 Å². The molecular formula is C16H21N3O2. The Labute approximate surface area is 124 Å². The Morgan fingerprint density at radius 2 is 2.24 bits per heavy atom. The Kier molecular flexibility index (Phi) is 3.92. The monoisotopic (exact) mass is 287 g/mol. The summed E-state index contributed by atoms with van der Waals surface area (Å²) >= 11 is 0. The van der Waals surface area contributed by atoms with Crippen LogP contribution in [-0.4, -0.2) is 29.2 Å². The maximum absolute atomic E-state index is 12.0. The number of aromatic nitrogens is 2. The number of ether oxygens (including phenoxy) is 1. The maximum atomic E-state index is 12.0. The zero-order valence-corrected chi connectivity index (χ0v) is 12.5. The predicted molar refractivity (Wildman–Crippen MR) is 80.9 cm³/mol. The van der Waals surface area contributed by atoms with Crippen LogP contribution in [0.25, 0.3) is 11.0 Å². The number of nitrogens with zero attached hydrogens (tertiary/aromatic N) is 2. The van der Waals surface area contributed by atoms with E-state index in [-0.39, 0.29) is 17.9 Å². The second kappa shape index (κ2) is 5.85. The fraction of sp³-hybridized carbons (Fsp3) is 0.500. The Balaban J connectivity index is 1.89. The third kappa shape index (κ3) is 2.93. The summed E-state index contributed by atoms with van der Waals surface area (Å²) in [6, 6.07) is 7.94. The number of benzene rings is 1. The van der Waals surface area contributed by atoms with Crippen LogP contribution in [0, 0.1) is 5.92 Å². The second-order valence-corrected chi connectivity index (χ2v) is 5.61. The molecule has 0 bridgehead atoms. The smallest absolute Gasteiger partial charge is 0.223 e. The minimum atomic E-state index is -0.0950. The van der Waals surface area contributed by atoms with Crippen LogP contribution in [0.15, 0.2) is 24.3 Å². The Morgan fingerprint density at radius 1 is 1.48 bits per heavy atom. The lowest BCUT2D eigenvalue weighted by Gasteiger charge is -2.16. The highest BCUT2D eigenvalue weighted by atomic mass is 16.5. The first-order valence-electron chi connectivity index (χ1n) is 7.45. The molecule has 0 saturated heterocycles. The van der Waals surface area contributed by atoms with E-state index in [0.29, 0.717) is 6.61 Å². The number of methoxy groups -OCH3 is 1.